The monoisotopic (exact) mass is 293 g/mol. The van der Waals surface area contributed by atoms with Crippen LogP contribution in [0.2, 0.25) is 0 Å². The first-order chi connectivity index (χ1) is 9.61. The fourth-order valence-corrected chi connectivity index (χ4v) is 3.85. The van der Waals surface area contributed by atoms with Crippen LogP contribution in [-0.4, -0.2) is 45.2 Å². The van der Waals surface area contributed by atoms with Crippen molar-refractivity contribution in [2.75, 3.05) is 6.54 Å². The topological polar surface area (TPSA) is 53.5 Å². The lowest BCUT2D eigenvalue weighted by Crippen LogP contribution is -2.61. The Balaban J connectivity index is 1.80. The van der Waals surface area contributed by atoms with Gasteiger partial charge in [-0.1, -0.05) is 6.92 Å². The number of thiazole rings is 1. The molecule has 6 heteroatoms. The molecule has 5 nitrogen and oxygen atoms in total. The number of aryl methyl sites for hydroxylation is 1. The molecule has 1 aromatic rings. The van der Waals surface area contributed by atoms with Crippen molar-refractivity contribution in [3.05, 3.63) is 16.1 Å². The lowest BCUT2D eigenvalue weighted by atomic mass is 10.1. The van der Waals surface area contributed by atoms with Gasteiger partial charge in [0.1, 0.15) is 17.1 Å². The number of carbonyl (C=O) groups excluding carboxylic acids is 2. The largest absolute Gasteiger partial charge is 0.329 e. The van der Waals surface area contributed by atoms with Gasteiger partial charge in [0, 0.05) is 17.6 Å². The summed E-state index contributed by atoms with van der Waals surface area (Å²) in [6.07, 6.45) is 4.55. The van der Waals surface area contributed by atoms with Crippen LogP contribution in [0.15, 0.2) is 6.20 Å². The van der Waals surface area contributed by atoms with Crippen LogP contribution in [0.4, 0.5) is 0 Å². The molecule has 0 bridgehead atoms. The van der Waals surface area contributed by atoms with E-state index >= 15 is 0 Å². The second-order valence-electron chi connectivity index (χ2n) is 5.41. The fourth-order valence-electron chi connectivity index (χ4n) is 2.99. The van der Waals surface area contributed by atoms with Crippen molar-refractivity contribution in [2.45, 2.75) is 51.7 Å². The molecule has 0 radical (unpaired) electrons. The Kier molecular flexibility index (Phi) is 3.50. The predicted molar refractivity (Wildman–Crippen MR) is 76.2 cm³/mol. The zero-order chi connectivity index (χ0) is 14.3. The Bertz CT molecular complexity index is 542. The van der Waals surface area contributed by atoms with E-state index in [0.29, 0.717) is 6.54 Å². The van der Waals surface area contributed by atoms with Gasteiger partial charge in [-0.2, -0.15) is 0 Å². The van der Waals surface area contributed by atoms with Crippen LogP contribution in [0.5, 0.6) is 0 Å². The lowest BCUT2D eigenvalue weighted by molar-refractivity contribution is -0.159. The quantitative estimate of drug-likeness (QED) is 0.847. The van der Waals surface area contributed by atoms with E-state index in [2.05, 4.69) is 11.9 Å². The summed E-state index contributed by atoms with van der Waals surface area (Å²) in [7, 11) is 0. The van der Waals surface area contributed by atoms with E-state index in [0.717, 1.165) is 30.8 Å². The molecular formula is C14H19N3O2S. The first-order valence-corrected chi connectivity index (χ1v) is 7.98. The van der Waals surface area contributed by atoms with Crippen molar-refractivity contribution in [2.24, 2.45) is 0 Å². The number of aromatic nitrogens is 1. The zero-order valence-electron chi connectivity index (χ0n) is 11.8. The number of fused-ring (bicyclic) bond motifs is 1. The van der Waals surface area contributed by atoms with Gasteiger partial charge in [0.25, 0.3) is 0 Å². The smallest absolute Gasteiger partial charge is 0.246 e. The van der Waals surface area contributed by atoms with Gasteiger partial charge >= 0.3 is 0 Å². The Morgan fingerprint density at radius 3 is 2.90 bits per heavy atom. The summed E-state index contributed by atoms with van der Waals surface area (Å²) >= 11 is 1.63. The maximum Gasteiger partial charge on any atom is 0.246 e. The number of hydrogen-bond acceptors (Lipinski definition) is 4. The molecule has 0 saturated carbocycles. The van der Waals surface area contributed by atoms with Crippen LogP contribution in [0.3, 0.4) is 0 Å². The van der Waals surface area contributed by atoms with Gasteiger partial charge in [-0.25, -0.2) is 4.98 Å². The third kappa shape index (κ3) is 2.12. The lowest BCUT2D eigenvalue weighted by Gasteiger charge is -2.40. The minimum absolute atomic E-state index is 0.0828. The van der Waals surface area contributed by atoms with Crippen LogP contribution < -0.4 is 0 Å². The first kappa shape index (κ1) is 13.5. The van der Waals surface area contributed by atoms with Crippen molar-refractivity contribution in [3.8, 4) is 0 Å². The van der Waals surface area contributed by atoms with Gasteiger partial charge in [0.2, 0.25) is 11.8 Å². The van der Waals surface area contributed by atoms with E-state index in [9.17, 15) is 9.59 Å². The molecule has 0 aromatic carbocycles. The maximum atomic E-state index is 12.6. The van der Waals surface area contributed by atoms with Crippen molar-refractivity contribution < 1.29 is 9.59 Å². The van der Waals surface area contributed by atoms with E-state index in [1.54, 1.807) is 21.1 Å². The van der Waals surface area contributed by atoms with Gasteiger partial charge in [-0.15, -0.1) is 11.3 Å². The maximum absolute atomic E-state index is 12.6. The minimum Gasteiger partial charge on any atom is -0.329 e. The zero-order valence-corrected chi connectivity index (χ0v) is 12.7. The van der Waals surface area contributed by atoms with Crippen molar-refractivity contribution >= 4 is 23.2 Å². The van der Waals surface area contributed by atoms with Crippen LogP contribution in [0.25, 0.3) is 0 Å². The number of hydrogen-bond donors (Lipinski definition) is 0. The van der Waals surface area contributed by atoms with Crippen molar-refractivity contribution in [1.29, 1.82) is 0 Å². The van der Waals surface area contributed by atoms with Gasteiger partial charge in [0.15, 0.2) is 0 Å². The van der Waals surface area contributed by atoms with E-state index in [1.807, 2.05) is 13.1 Å². The first-order valence-electron chi connectivity index (χ1n) is 7.16. The molecule has 2 fully saturated rings. The molecule has 0 spiro atoms. The number of nitrogens with zero attached hydrogens (tertiary/aromatic N) is 3. The fraction of sp³-hybridized carbons (Fsp3) is 0.643. The summed E-state index contributed by atoms with van der Waals surface area (Å²) in [6.45, 7) is 5.10. The average Bonchev–Trinajstić information content (AvgIpc) is 3.10. The number of piperazine rings is 1. The molecule has 20 heavy (non-hydrogen) atoms. The molecular weight excluding hydrogens is 274 g/mol. The van der Waals surface area contributed by atoms with Crippen LogP contribution in [0, 0.1) is 0 Å². The Hall–Kier alpha value is -1.43. The molecule has 2 unspecified atom stereocenters. The van der Waals surface area contributed by atoms with Gasteiger partial charge in [-0.05, 0) is 26.2 Å². The van der Waals surface area contributed by atoms with Gasteiger partial charge < -0.3 is 9.80 Å². The highest BCUT2D eigenvalue weighted by atomic mass is 32.1. The van der Waals surface area contributed by atoms with E-state index in [4.69, 9.17) is 0 Å². The summed E-state index contributed by atoms with van der Waals surface area (Å²) in [5.74, 6) is 0.169. The molecule has 2 saturated heterocycles. The van der Waals surface area contributed by atoms with E-state index < -0.39 is 0 Å². The molecule has 3 heterocycles. The molecule has 2 aliphatic rings. The third-order valence-electron chi connectivity index (χ3n) is 4.18. The Labute approximate surface area is 122 Å². The summed E-state index contributed by atoms with van der Waals surface area (Å²) in [4.78, 5) is 33.9. The standard InChI is InChI=1S/C14H19N3O2S/c1-3-10-7-15-12(20-10)8-17-9(2)13(18)16-6-4-5-11(16)14(17)19/h7,9,11H,3-6,8H2,1-2H3. The molecule has 2 amide bonds. The number of rotatable bonds is 3. The second kappa shape index (κ2) is 5.16. The highest BCUT2D eigenvalue weighted by Gasteiger charge is 2.45. The van der Waals surface area contributed by atoms with Crippen molar-refractivity contribution in [3.63, 3.8) is 0 Å². The molecule has 0 N–H and O–H groups in total. The van der Waals surface area contributed by atoms with E-state index in [1.165, 1.54) is 4.88 Å². The number of carbonyl (C=O) groups is 2. The molecule has 2 aliphatic heterocycles. The average molecular weight is 293 g/mol. The van der Waals surface area contributed by atoms with Gasteiger partial charge in [0.05, 0.1) is 6.54 Å². The summed E-state index contributed by atoms with van der Waals surface area (Å²) in [5.41, 5.74) is 0. The molecule has 1 aromatic heterocycles. The molecule has 3 rings (SSSR count). The highest BCUT2D eigenvalue weighted by molar-refractivity contribution is 7.11. The number of amides is 2. The third-order valence-corrected chi connectivity index (χ3v) is 5.31. The molecule has 108 valence electrons. The van der Waals surface area contributed by atoms with Crippen LogP contribution >= 0.6 is 11.3 Å². The Morgan fingerprint density at radius 2 is 2.20 bits per heavy atom. The normalized spacial score (nSPS) is 26.3. The van der Waals surface area contributed by atoms with E-state index in [-0.39, 0.29) is 23.9 Å². The van der Waals surface area contributed by atoms with Gasteiger partial charge in [-0.3, -0.25) is 9.59 Å². The second-order valence-corrected chi connectivity index (χ2v) is 6.61. The summed E-state index contributed by atoms with van der Waals surface area (Å²) in [5, 5.41) is 0.918. The molecule has 2 atom stereocenters. The van der Waals surface area contributed by atoms with Crippen LogP contribution in [-0.2, 0) is 22.6 Å². The Morgan fingerprint density at radius 1 is 1.40 bits per heavy atom. The summed E-state index contributed by atoms with van der Waals surface area (Å²) < 4.78 is 0. The SMILES string of the molecule is CCc1cnc(CN2C(=O)C3CCCN3C(=O)C2C)s1. The summed E-state index contributed by atoms with van der Waals surface area (Å²) in [6, 6.07) is -0.602. The van der Waals surface area contributed by atoms with Crippen LogP contribution in [0.1, 0.15) is 36.6 Å². The minimum atomic E-state index is -0.370. The molecule has 0 aliphatic carbocycles. The van der Waals surface area contributed by atoms with Crippen molar-refractivity contribution in [1.82, 2.24) is 14.8 Å². The predicted octanol–water partition coefficient (Wildman–Crippen LogP) is 1.43. The highest BCUT2D eigenvalue weighted by Crippen LogP contribution is 2.28.